The highest BCUT2D eigenvalue weighted by Gasteiger charge is 2.51. The fourth-order valence-corrected chi connectivity index (χ4v) is 5.50. The Kier molecular flexibility index (Phi) is 5.05. The van der Waals surface area contributed by atoms with Gasteiger partial charge in [0.25, 0.3) is 0 Å². The molecule has 0 radical (unpaired) electrons. The summed E-state index contributed by atoms with van der Waals surface area (Å²) in [7, 11) is 0. The van der Waals surface area contributed by atoms with Crippen LogP contribution in [0.2, 0.25) is 0 Å². The molecule has 1 aromatic carbocycles. The van der Waals surface area contributed by atoms with Crippen LogP contribution < -0.4 is 4.74 Å². The first-order valence-electron chi connectivity index (χ1n) is 11.2. The normalized spacial score (nSPS) is 29.3. The molecule has 1 aromatic heterocycles. The fourth-order valence-electron chi connectivity index (χ4n) is 5.50. The topological polar surface area (TPSA) is 67.5 Å². The van der Waals surface area contributed by atoms with Gasteiger partial charge in [0.1, 0.15) is 11.4 Å². The van der Waals surface area contributed by atoms with E-state index >= 15 is 0 Å². The smallest absolute Gasteiger partial charge is 0.222 e. The molecule has 4 atom stereocenters. The van der Waals surface area contributed by atoms with Crippen molar-refractivity contribution in [3.8, 4) is 5.75 Å². The molecule has 0 aliphatic carbocycles. The number of ether oxygens (including phenoxy) is 2. The Morgan fingerprint density at radius 2 is 2.20 bits per heavy atom. The molecule has 0 bridgehead atoms. The minimum atomic E-state index is -0.277. The number of carbonyl (C=O) groups is 1. The third-order valence-corrected chi connectivity index (χ3v) is 7.16. The summed E-state index contributed by atoms with van der Waals surface area (Å²) in [5.41, 5.74) is 2.06. The highest BCUT2D eigenvalue weighted by molar-refractivity contribution is 5.76. The molecule has 160 valence electrons. The number of aromatic nitrogens is 2. The molecule has 2 saturated heterocycles. The third-order valence-electron chi connectivity index (χ3n) is 7.16. The third kappa shape index (κ3) is 3.62. The molecule has 6 nitrogen and oxygen atoms in total. The first-order valence-corrected chi connectivity index (χ1v) is 11.2. The number of hydrogen-bond donors (Lipinski definition) is 1. The number of para-hydroxylation sites is 1. The summed E-state index contributed by atoms with van der Waals surface area (Å²) in [6, 6.07) is 8.28. The van der Waals surface area contributed by atoms with Crippen molar-refractivity contribution in [2.24, 2.45) is 11.8 Å². The van der Waals surface area contributed by atoms with E-state index < -0.39 is 0 Å². The summed E-state index contributed by atoms with van der Waals surface area (Å²) in [6.45, 7) is 5.94. The van der Waals surface area contributed by atoms with E-state index in [4.69, 9.17) is 9.47 Å². The van der Waals surface area contributed by atoms with E-state index in [2.05, 4.69) is 41.1 Å². The van der Waals surface area contributed by atoms with Crippen LogP contribution in [0.4, 0.5) is 0 Å². The molecule has 4 heterocycles. The average Bonchev–Trinajstić information content (AvgIpc) is 3.25. The summed E-state index contributed by atoms with van der Waals surface area (Å²) in [6.07, 6.45) is 8.35. The molecule has 5 rings (SSSR count). The molecule has 2 aromatic rings. The standard InChI is InChI=1S/C24H31N3O3/c1-24(2)19-12-17-15-27(22(28)9-5-6-16-13-25-26-14-16)11-10-20(17)29-23(19)18-7-3-4-8-21(18)30-24/h3-4,7-8,13-14,17,19-20,23H,5-6,9-12,15H2,1-2H3,(H,25,26)/t17-,19+,20+,23-/m1/s1. The van der Waals surface area contributed by atoms with Crippen LogP contribution in [0.15, 0.2) is 36.7 Å². The van der Waals surface area contributed by atoms with E-state index in [-0.39, 0.29) is 23.7 Å². The van der Waals surface area contributed by atoms with Gasteiger partial charge in [-0.1, -0.05) is 18.2 Å². The van der Waals surface area contributed by atoms with Gasteiger partial charge in [-0.25, -0.2) is 0 Å². The van der Waals surface area contributed by atoms with E-state index in [1.807, 2.05) is 24.5 Å². The predicted octanol–water partition coefficient (Wildman–Crippen LogP) is 3.90. The lowest BCUT2D eigenvalue weighted by molar-refractivity contribution is -0.188. The van der Waals surface area contributed by atoms with Crippen molar-refractivity contribution in [3.05, 3.63) is 47.8 Å². The minimum Gasteiger partial charge on any atom is -0.487 e. The maximum Gasteiger partial charge on any atom is 0.222 e. The lowest BCUT2D eigenvalue weighted by atomic mass is 9.70. The Morgan fingerprint density at radius 1 is 1.33 bits per heavy atom. The van der Waals surface area contributed by atoms with Gasteiger partial charge in [-0.3, -0.25) is 9.89 Å². The molecule has 1 N–H and O–H groups in total. The zero-order chi connectivity index (χ0) is 20.7. The second kappa shape index (κ2) is 7.73. The van der Waals surface area contributed by atoms with Crippen LogP contribution in [0, 0.1) is 11.8 Å². The van der Waals surface area contributed by atoms with E-state index in [1.54, 1.807) is 0 Å². The quantitative estimate of drug-likeness (QED) is 0.832. The molecule has 0 spiro atoms. The van der Waals surface area contributed by atoms with Gasteiger partial charge >= 0.3 is 0 Å². The Hall–Kier alpha value is -2.34. The predicted molar refractivity (Wildman–Crippen MR) is 113 cm³/mol. The number of H-pyrrole nitrogens is 1. The van der Waals surface area contributed by atoms with Crippen LogP contribution in [0.5, 0.6) is 5.75 Å². The van der Waals surface area contributed by atoms with E-state index in [0.717, 1.165) is 50.1 Å². The fraction of sp³-hybridized carbons (Fsp3) is 0.583. The highest BCUT2D eigenvalue weighted by Crippen LogP contribution is 2.52. The zero-order valence-electron chi connectivity index (χ0n) is 17.8. The Bertz CT molecular complexity index is 895. The van der Waals surface area contributed by atoms with Gasteiger partial charge in [-0.05, 0) is 51.2 Å². The van der Waals surface area contributed by atoms with Crippen LogP contribution >= 0.6 is 0 Å². The number of likely N-dealkylation sites (tertiary alicyclic amines) is 1. The van der Waals surface area contributed by atoms with Gasteiger partial charge in [0.05, 0.1) is 18.4 Å². The van der Waals surface area contributed by atoms with Gasteiger partial charge in [0, 0.05) is 43.1 Å². The van der Waals surface area contributed by atoms with Crippen molar-refractivity contribution >= 4 is 5.91 Å². The largest absolute Gasteiger partial charge is 0.487 e. The van der Waals surface area contributed by atoms with E-state index in [1.165, 1.54) is 5.56 Å². The number of carbonyl (C=O) groups excluding carboxylic acids is 1. The number of rotatable bonds is 4. The number of benzene rings is 1. The number of fused-ring (bicyclic) bond motifs is 4. The van der Waals surface area contributed by atoms with Crippen LogP contribution in [-0.4, -0.2) is 45.8 Å². The molecular formula is C24H31N3O3. The van der Waals surface area contributed by atoms with Crippen LogP contribution in [0.3, 0.4) is 0 Å². The number of nitrogens with one attached hydrogen (secondary N) is 1. The lowest BCUT2D eigenvalue weighted by Crippen LogP contribution is -2.55. The van der Waals surface area contributed by atoms with Gasteiger partial charge in [0.2, 0.25) is 5.91 Å². The minimum absolute atomic E-state index is 0.0865. The SMILES string of the molecule is CC1(C)Oc2ccccc2[C@H]2O[C@H]3CCN(C(=O)CCCc4cn[nH]c4)C[C@H]3C[C@@H]21. The maximum absolute atomic E-state index is 12.8. The molecule has 6 heteroatoms. The number of aromatic amines is 1. The summed E-state index contributed by atoms with van der Waals surface area (Å²) in [5, 5.41) is 6.80. The number of hydrogen-bond acceptors (Lipinski definition) is 4. The first kappa shape index (κ1) is 19.6. The van der Waals surface area contributed by atoms with Gasteiger partial charge in [0.15, 0.2) is 0 Å². The van der Waals surface area contributed by atoms with Crippen LogP contribution in [0.1, 0.15) is 56.8 Å². The molecule has 0 saturated carbocycles. The maximum atomic E-state index is 12.8. The molecule has 2 fully saturated rings. The number of amides is 1. The Balaban J connectivity index is 1.23. The monoisotopic (exact) mass is 409 g/mol. The second-order valence-electron chi connectivity index (χ2n) is 9.53. The summed E-state index contributed by atoms with van der Waals surface area (Å²) in [5.74, 6) is 1.90. The van der Waals surface area contributed by atoms with Gasteiger partial charge < -0.3 is 14.4 Å². The van der Waals surface area contributed by atoms with E-state index in [0.29, 0.717) is 18.3 Å². The van der Waals surface area contributed by atoms with Crippen LogP contribution in [-0.2, 0) is 16.0 Å². The molecule has 3 aliphatic heterocycles. The molecule has 0 unspecified atom stereocenters. The van der Waals surface area contributed by atoms with Gasteiger partial charge in [-0.15, -0.1) is 0 Å². The zero-order valence-corrected chi connectivity index (χ0v) is 17.8. The average molecular weight is 410 g/mol. The first-order chi connectivity index (χ1) is 14.5. The molecule has 1 amide bonds. The van der Waals surface area contributed by atoms with Crippen molar-refractivity contribution < 1.29 is 14.3 Å². The highest BCUT2D eigenvalue weighted by atomic mass is 16.5. The van der Waals surface area contributed by atoms with Crippen molar-refractivity contribution in [3.63, 3.8) is 0 Å². The summed E-state index contributed by atoms with van der Waals surface area (Å²) in [4.78, 5) is 14.9. The van der Waals surface area contributed by atoms with Crippen molar-refractivity contribution in [1.29, 1.82) is 0 Å². The lowest BCUT2D eigenvalue weighted by Gasteiger charge is -2.53. The number of aryl methyl sites for hydroxylation is 1. The van der Waals surface area contributed by atoms with Crippen molar-refractivity contribution in [2.75, 3.05) is 13.1 Å². The molecular weight excluding hydrogens is 378 g/mol. The second-order valence-corrected chi connectivity index (χ2v) is 9.53. The number of piperidine rings is 1. The van der Waals surface area contributed by atoms with Crippen molar-refractivity contribution in [1.82, 2.24) is 15.1 Å². The van der Waals surface area contributed by atoms with Crippen LogP contribution in [0.25, 0.3) is 0 Å². The van der Waals surface area contributed by atoms with Crippen molar-refractivity contribution in [2.45, 2.75) is 63.8 Å². The molecule has 3 aliphatic rings. The summed E-state index contributed by atoms with van der Waals surface area (Å²) < 4.78 is 13.0. The molecule has 30 heavy (non-hydrogen) atoms. The summed E-state index contributed by atoms with van der Waals surface area (Å²) >= 11 is 0. The number of nitrogens with zero attached hydrogens (tertiary/aromatic N) is 2. The van der Waals surface area contributed by atoms with Gasteiger partial charge in [-0.2, -0.15) is 5.10 Å². The Labute approximate surface area is 177 Å². The Morgan fingerprint density at radius 3 is 3.03 bits per heavy atom. The van der Waals surface area contributed by atoms with E-state index in [9.17, 15) is 4.79 Å².